The van der Waals surface area contributed by atoms with Crippen molar-refractivity contribution in [2.75, 3.05) is 11.9 Å². The Bertz CT molecular complexity index is 501. The smallest absolute Gasteiger partial charge is 0.332 e. The molecular weight excluding hydrogens is 464 g/mol. The Morgan fingerprint density at radius 3 is 2.25 bits per heavy atom. The number of hydrogen-bond acceptors (Lipinski definition) is 3. The molecule has 1 rings (SSSR count). The average molecular weight is 475 g/mol. The van der Waals surface area contributed by atoms with Gasteiger partial charge in [0.1, 0.15) is 0 Å². The Kier molecular flexibility index (Phi) is 6.93. The molecule has 4 N–H and O–H groups in total. The van der Waals surface area contributed by atoms with Gasteiger partial charge in [0, 0.05) is 26.4 Å². The molecule has 0 aromatic heterocycles. The number of hydrogen-bond donors (Lipinski definition) is 4. The number of aliphatic carboxylic acids is 1. The number of urea groups is 1. The maximum absolute atomic E-state index is 11.6. The number of aliphatic hydroxyl groups is 1. The van der Waals surface area contributed by atoms with Gasteiger partial charge in [-0.25, -0.2) is 9.59 Å². The maximum Gasteiger partial charge on any atom is 0.332 e. The van der Waals surface area contributed by atoms with Crippen LogP contribution < -0.4 is 10.6 Å². The predicted octanol–water partition coefficient (Wildman–Crippen LogP) is 2.93. The van der Waals surface area contributed by atoms with Crippen LogP contribution in [0, 0.1) is 0 Å². The van der Waals surface area contributed by atoms with Crippen LogP contribution >= 0.6 is 47.8 Å². The molecular formula is C11H11Br3N2O4. The second kappa shape index (κ2) is 7.96. The third kappa shape index (κ3) is 5.39. The van der Waals surface area contributed by atoms with Crippen molar-refractivity contribution in [3.05, 3.63) is 25.6 Å². The van der Waals surface area contributed by atoms with Crippen molar-refractivity contribution in [1.29, 1.82) is 0 Å². The normalized spacial score (nSPS) is 11.8. The third-order valence-electron chi connectivity index (χ3n) is 2.23. The molecule has 0 bridgehead atoms. The third-order valence-corrected chi connectivity index (χ3v) is 3.94. The summed E-state index contributed by atoms with van der Waals surface area (Å²) in [7, 11) is 0. The van der Waals surface area contributed by atoms with Gasteiger partial charge >= 0.3 is 12.0 Å². The highest BCUT2D eigenvalue weighted by Gasteiger charge is 2.14. The van der Waals surface area contributed by atoms with E-state index in [1.54, 1.807) is 12.1 Å². The van der Waals surface area contributed by atoms with Crippen molar-refractivity contribution in [2.24, 2.45) is 0 Å². The van der Waals surface area contributed by atoms with Crippen LogP contribution in [0.1, 0.15) is 6.42 Å². The second-order valence-electron chi connectivity index (χ2n) is 3.77. The number of carbonyl (C=O) groups excluding carboxylic acids is 1. The lowest BCUT2D eigenvalue weighted by molar-refractivity contribution is -0.146. The van der Waals surface area contributed by atoms with Crippen LogP contribution in [0.25, 0.3) is 0 Å². The SMILES string of the molecule is O=C(NCCC(O)C(=O)O)Nc1c(Br)cc(Br)cc1Br. The van der Waals surface area contributed by atoms with Crippen molar-refractivity contribution < 1.29 is 19.8 Å². The summed E-state index contributed by atoms with van der Waals surface area (Å²) in [5.41, 5.74) is 0.546. The average Bonchev–Trinajstić information content (AvgIpc) is 2.33. The van der Waals surface area contributed by atoms with Crippen molar-refractivity contribution in [3.8, 4) is 0 Å². The Labute approximate surface area is 140 Å². The van der Waals surface area contributed by atoms with Gasteiger partial charge in [-0.2, -0.15) is 0 Å². The summed E-state index contributed by atoms with van der Waals surface area (Å²) in [5, 5.41) is 22.6. The highest BCUT2D eigenvalue weighted by Crippen LogP contribution is 2.34. The first kappa shape index (κ1) is 17.4. The van der Waals surface area contributed by atoms with E-state index in [-0.39, 0.29) is 13.0 Å². The molecule has 0 aliphatic heterocycles. The Morgan fingerprint density at radius 1 is 1.20 bits per heavy atom. The van der Waals surface area contributed by atoms with Crippen LogP contribution in [0.3, 0.4) is 0 Å². The minimum atomic E-state index is -1.48. The lowest BCUT2D eigenvalue weighted by Crippen LogP contribution is -2.33. The van der Waals surface area contributed by atoms with E-state index in [9.17, 15) is 9.59 Å². The van der Waals surface area contributed by atoms with Gasteiger partial charge in [-0.3, -0.25) is 0 Å². The Morgan fingerprint density at radius 2 is 1.75 bits per heavy atom. The van der Waals surface area contributed by atoms with Crippen molar-refractivity contribution in [2.45, 2.75) is 12.5 Å². The van der Waals surface area contributed by atoms with E-state index in [2.05, 4.69) is 58.4 Å². The van der Waals surface area contributed by atoms with Crippen molar-refractivity contribution in [3.63, 3.8) is 0 Å². The number of amides is 2. The molecule has 0 spiro atoms. The Hall–Kier alpha value is -0.640. The van der Waals surface area contributed by atoms with Gasteiger partial charge in [-0.15, -0.1) is 0 Å². The van der Waals surface area contributed by atoms with Gasteiger partial charge in [0.25, 0.3) is 0 Å². The zero-order chi connectivity index (χ0) is 15.3. The lowest BCUT2D eigenvalue weighted by atomic mass is 10.2. The first-order chi connectivity index (χ1) is 9.31. The first-order valence-corrected chi connectivity index (χ1v) is 7.79. The lowest BCUT2D eigenvalue weighted by Gasteiger charge is -2.12. The number of nitrogens with one attached hydrogen (secondary N) is 2. The highest BCUT2D eigenvalue weighted by atomic mass is 79.9. The summed E-state index contributed by atoms with van der Waals surface area (Å²) in [5.74, 6) is -1.31. The van der Waals surface area contributed by atoms with E-state index in [1.165, 1.54) is 0 Å². The number of benzene rings is 1. The fourth-order valence-corrected chi connectivity index (χ4v) is 3.72. The molecule has 2 amide bonds. The summed E-state index contributed by atoms with van der Waals surface area (Å²) >= 11 is 9.95. The van der Waals surface area contributed by atoms with Crippen molar-refractivity contribution in [1.82, 2.24) is 5.32 Å². The van der Waals surface area contributed by atoms with Crippen molar-refractivity contribution >= 4 is 65.5 Å². The summed E-state index contributed by atoms with van der Waals surface area (Å²) in [4.78, 5) is 22.0. The minimum absolute atomic E-state index is 0.0467. The molecule has 20 heavy (non-hydrogen) atoms. The molecule has 0 saturated carbocycles. The number of carbonyl (C=O) groups is 2. The molecule has 1 aromatic rings. The molecule has 1 unspecified atom stereocenters. The molecule has 110 valence electrons. The topological polar surface area (TPSA) is 98.7 Å². The summed E-state index contributed by atoms with van der Waals surface area (Å²) in [6.45, 7) is 0.0467. The van der Waals surface area contributed by atoms with E-state index in [4.69, 9.17) is 10.2 Å². The van der Waals surface area contributed by atoms with Crippen LogP contribution in [0.5, 0.6) is 0 Å². The van der Waals surface area contributed by atoms with E-state index in [0.717, 1.165) is 4.47 Å². The number of anilines is 1. The fourth-order valence-electron chi connectivity index (χ4n) is 1.27. The van der Waals surface area contributed by atoms with Gasteiger partial charge in [-0.05, 0) is 44.0 Å². The van der Waals surface area contributed by atoms with Crippen LogP contribution in [0.15, 0.2) is 25.6 Å². The summed E-state index contributed by atoms with van der Waals surface area (Å²) in [6, 6.07) is 3.05. The van der Waals surface area contributed by atoms with E-state index in [1.807, 2.05) is 0 Å². The largest absolute Gasteiger partial charge is 0.479 e. The standard InChI is InChI=1S/C11H11Br3N2O4/c12-5-3-6(13)9(7(14)4-5)16-11(20)15-2-1-8(17)10(18)19/h3-4,8,17H,1-2H2,(H,18,19)(H2,15,16,20). The van der Waals surface area contributed by atoms with Crippen LogP contribution in [0.2, 0.25) is 0 Å². The quantitative estimate of drug-likeness (QED) is 0.527. The molecule has 1 atom stereocenters. The molecule has 0 radical (unpaired) electrons. The van der Waals surface area contributed by atoms with E-state index < -0.39 is 18.1 Å². The number of carboxylic acid groups (broad SMARTS) is 1. The number of carboxylic acids is 1. The minimum Gasteiger partial charge on any atom is -0.479 e. The zero-order valence-corrected chi connectivity index (χ0v) is 14.7. The zero-order valence-electron chi connectivity index (χ0n) is 9.99. The highest BCUT2D eigenvalue weighted by molar-refractivity contribution is 9.11. The molecule has 0 aliphatic rings. The maximum atomic E-state index is 11.6. The van der Waals surface area contributed by atoms with Gasteiger partial charge < -0.3 is 20.8 Å². The molecule has 9 heteroatoms. The predicted molar refractivity (Wildman–Crippen MR) is 84.8 cm³/mol. The van der Waals surface area contributed by atoms with Crippen LogP contribution in [0.4, 0.5) is 10.5 Å². The number of halogens is 3. The van der Waals surface area contributed by atoms with Crippen LogP contribution in [-0.4, -0.2) is 34.9 Å². The van der Waals surface area contributed by atoms with E-state index in [0.29, 0.717) is 14.6 Å². The molecule has 0 heterocycles. The Balaban J connectivity index is 2.53. The van der Waals surface area contributed by atoms with Gasteiger partial charge in [0.15, 0.2) is 6.10 Å². The van der Waals surface area contributed by atoms with Crippen LogP contribution in [-0.2, 0) is 4.79 Å². The summed E-state index contributed by atoms with van der Waals surface area (Å²) < 4.78 is 2.20. The molecule has 1 aromatic carbocycles. The number of aliphatic hydroxyl groups excluding tert-OH is 1. The van der Waals surface area contributed by atoms with E-state index >= 15 is 0 Å². The molecule has 0 saturated heterocycles. The second-order valence-corrected chi connectivity index (χ2v) is 6.39. The monoisotopic (exact) mass is 472 g/mol. The molecule has 0 fully saturated rings. The molecule has 0 aliphatic carbocycles. The van der Waals surface area contributed by atoms with Gasteiger partial charge in [0.2, 0.25) is 0 Å². The van der Waals surface area contributed by atoms with Gasteiger partial charge in [0.05, 0.1) is 5.69 Å². The first-order valence-electron chi connectivity index (χ1n) is 5.41. The fraction of sp³-hybridized carbons (Fsp3) is 0.273. The number of rotatable bonds is 5. The summed E-state index contributed by atoms with van der Waals surface area (Å²) in [6.07, 6.45) is -1.55. The van der Waals surface area contributed by atoms with Gasteiger partial charge in [-0.1, -0.05) is 15.9 Å². The molecule has 6 nitrogen and oxygen atoms in total.